The van der Waals surface area contributed by atoms with Gasteiger partial charge in [-0.05, 0) is 87.7 Å². The van der Waals surface area contributed by atoms with Crippen molar-refractivity contribution in [3.05, 3.63) is 36.1 Å². The van der Waals surface area contributed by atoms with Gasteiger partial charge >= 0.3 is 5.97 Å². The van der Waals surface area contributed by atoms with Crippen LogP contribution in [0.25, 0.3) is 0 Å². The number of thiol groups is 1. The SMILES string of the molecule is C/C=C/C=C(/C=C/CCCCCCCCCC)OC(=O)CC1(S)C2CC3CC(C2)CC1C3. The summed E-state index contributed by atoms with van der Waals surface area (Å²) in [6.07, 6.45) is 28.6. The molecule has 0 heterocycles. The van der Waals surface area contributed by atoms with Gasteiger partial charge in [0.05, 0.1) is 6.42 Å². The molecule has 0 radical (unpaired) electrons. The first-order valence-corrected chi connectivity index (χ1v) is 13.9. The van der Waals surface area contributed by atoms with Gasteiger partial charge in [0.15, 0.2) is 0 Å². The van der Waals surface area contributed by atoms with Crippen molar-refractivity contribution in [2.75, 3.05) is 0 Å². The zero-order valence-electron chi connectivity index (χ0n) is 20.6. The van der Waals surface area contributed by atoms with Crippen LogP contribution >= 0.6 is 12.6 Å². The van der Waals surface area contributed by atoms with Crippen LogP contribution in [0.5, 0.6) is 0 Å². The molecule has 0 saturated heterocycles. The number of hydrogen-bond donors (Lipinski definition) is 1. The highest BCUT2D eigenvalue weighted by atomic mass is 32.1. The molecule has 0 atom stereocenters. The summed E-state index contributed by atoms with van der Waals surface area (Å²) < 4.78 is 5.69. The fraction of sp³-hybridized carbons (Fsp3) is 0.759. The zero-order chi connectivity index (χ0) is 22.8. The lowest BCUT2D eigenvalue weighted by Crippen LogP contribution is -2.55. The van der Waals surface area contributed by atoms with Crippen LogP contribution in [-0.4, -0.2) is 10.7 Å². The van der Waals surface area contributed by atoms with Gasteiger partial charge in [0.2, 0.25) is 0 Å². The molecule has 0 aromatic rings. The van der Waals surface area contributed by atoms with E-state index in [2.05, 4.69) is 13.0 Å². The Morgan fingerprint density at radius 2 is 1.53 bits per heavy atom. The first-order chi connectivity index (χ1) is 15.5. The van der Waals surface area contributed by atoms with Crippen molar-refractivity contribution < 1.29 is 9.53 Å². The van der Waals surface area contributed by atoms with E-state index in [0.29, 0.717) is 24.0 Å². The largest absolute Gasteiger partial charge is 0.427 e. The molecule has 0 unspecified atom stereocenters. The van der Waals surface area contributed by atoms with Crippen LogP contribution in [-0.2, 0) is 9.53 Å². The van der Waals surface area contributed by atoms with Crippen LogP contribution < -0.4 is 0 Å². The minimum absolute atomic E-state index is 0.111. The Balaban J connectivity index is 1.42. The summed E-state index contributed by atoms with van der Waals surface area (Å²) in [6, 6.07) is 0. The molecule has 0 amide bonds. The van der Waals surface area contributed by atoms with Gasteiger partial charge in [-0.25, -0.2) is 0 Å². The summed E-state index contributed by atoms with van der Waals surface area (Å²) in [7, 11) is 0. The highest BCUT2D eigenvalue weighted by molar-refractivity contribution is 7.81. The van der Waals surface area contributed by atoms with Crippen LogP contribution in [0.4, 0.5) is 0 Å². The fourth-order valence-electron chi connectivity index (χ4n) is 6.60. The highest BCUT2D eigenvalue weighted by Gasteiger charge is 2.56. The molecule has 4 fully saturated rings. The molecule has 0 N–H and O–H groups in total. The Hall–Kier alpha value is -0.960. The molecule has 32 heavy (non-hydrogen) atoms. The molecular formula is C29H46O2S. The third-order valence-corrected chi connectivity index (χ3v) is 9.06. The average Bonchev–Trinajstić information content (AvgIpc) is 2.76. The van der Waals surface area contributed by atoms with Crippen LogP contribution in [0, 0.1) is 23.7 Å². The van der Waals surface area contributed by atoms with Crippen molar-refractivity contribution in [3.8, 4) is 0 Å². The Morgan fingerprint density at radius 3 is 2.12 bits per heavy atom. The Bertz CT molecular complexity index is 647. The van der Waals surface area contributed by atoms with Crippen molar-refractivity contribution >= 4 is 18.6 Å². The molecule has 0 aliphatic heterocycles. The van der Waals surface area contributed by atoms with Crippen molar-refractivity contribution in [1.29, 1.82) is 0 Å². The van der Waals surface area contributed by atoms with Gasteiger partial charge < -0.3 is 4.74 Å². The van der Waals surface area contributed by atoms with E-state index < -0.39 is 0 Å². The minimum atomic E-state index is -0.156. The van der Waals surface area contributed by atoms with Crippen LogP contribution in [0.15, 0.2) is 36.1 Å². The van der Waals surface area contributed by atoms with E-state index in [-0.39, 0.29) is 10.7 Å². The molecule has 3 heteroatoms. The van der Waals surface area contributed by atoms with Crippen molar-refractivity contribution in [3.63, 3.8) is 0 Å². The highest BCUT2D eigenvalue weighted by Crippen LogP contribution is 2.61. The summed E-state index contributed by atoms with van der Waals surface area (Å²) >= 11 is 5.16. The quantitative estimate of drug-likeness (QED) is 0.0927. The second-order valence-electron chi connectivity index (χ2n) is 10.7. The van der Waals surface area contributed by atoms with Gasteiger partial charge in [-0.15, -0.1) is 0 Å². The molecular weight excluding hydrogens is 412 g/mol. The zero-order valence-corrected chi connectivity index (χ0v) is 21.5. The molecule has 180 valence electrons. The van der Waals surface area contributed by atoms with E-state index >= 15 is 0 Å². The van der Waals surface area contributed by atoms with Gasteiger partial charge in [0.25, 0.3) is 0 Å². The Kier molecular flexibility index (Phi) is 10.5. The summed E-state index contributed by atoms with van der Waals surface area (Å²) in [4.78, 5) is 12.9. The number of esters is 1. The second-order valence-corrected chi connectivity index (χ2v) is 11.5. The fourth-order valence-corrected chi connectivity index (χ4v) is 7.15. The normalized spacial score (nSPS) is 31.8. The predicted molar refractivity (Wildman–Crippen MR) is 139 cm³/mol. The minimum Gasteiger partial charge on any atom is -0.427 e. The molecule has 0 aromatic carbocycles. The summed E-state index contributed by atoms with van der Waals surface area (Å²) in [5.41, 5.74) is 0. The maximum atomic E-state index is 12.9. The lowest BCUT2D eigenvalue weighted by atomic mass is 9.51. The number of carbonyl (C=O) groups is 1. The molecule has 4 rings (SSSR count). The topological polar surface area (TPSA) is 26.3 Å². The van der Waals surface area contributed by atoms with E-state index in [4.69, 9.17) is 17.4 Å². The second kappa shape index (κ2) is 13.1. The third-order valence-electron chi connectivity index (χ3n) is 8.17. The molecule has 0 aromatic heterocycles. The van der Waals surface area contributed by atoms with Crippen molar-refractivity contribution in [1.82, 2.24) is 0 Å². The smallest absolute Gasteiger partial charge is 0.312 e. The number of carbonyl (C=O) groups excluding carboxylic acids is 1. The van der Waals surface area contributed by atoms with Gasteiger partial charge in [-0.1, -0.05) is 70.1 Å². The standard InChI is InChI=1S/C29H46O2S/c1-3-5-7-8-9-10-11-12-13-14-16-27(15-6-4-2)31-28(30)22-29(32)25-18-23-17-24(20-25)21-26(29)19-23/h4,6,14-16,23-26,32H,3,5,7-13,17-22H2,1-2H3/b6-4+,16-14+,27-15-. The Labute approximate surface area is 202 Å². The average molecular weight is 459 g/mol. The first-order valence-electron chi connectivity index (χ1n) is 13.5. The first kappa shape index (κ1) is 25.7. The van der Waals surface area contributed by atoms with Crippen molar-refractivity contribution in [2.45, 2.75) is 115 Å². The van der Waals surface area contributed by atoms with E-state index in [1.54, 1.807) is 0 Å². The van der Waals surface area contributed by atoms with Gasteiger partial charge in [-0.3, -0.25) is 4.79 Å². The Morgan fingerprint density at radius 1 is 0.938 bits per heavy atom. The maximum Gasteiger partial charge on any atom is 0.312 e. The summed E-state index contributed by atoms with van der Waals surface area (Å²) in [5.74, 6) is 3.51. The third kappa shape index (κ3) is 7.27. The lowest BCUT2D eigenvalue weighted by Gasteiger charge is -2.59. The number of unbranched alkanes of at least 4 members (excludes halogenated alkanes) is 8. The lowest BCUT2D eigenvalue weighted by molar-refractivity contribution is -0.142. The number of ether oxygens (including phenoxy) is 1. The van der Waals surface area contributed by atoms with Crippen LogP contribution in [0.3, 0.4) is 0 Å². The number of rotatable bonds is 14. The van der Waals surface area contributed by atoms with Crippen LogP contribution in [0.2, 0.25) is 0 Å². The summed E-state index contributed by atoms with van der Waals surface area (Å²) in [6.45, 7) is 4.25. The maximum absolute atomic E-state index is 12.9. The summed E-state index contributed by atoms with van der Waals surface area (Å²) in [5, 5.41) is 0. The molecule has 4 aliphatic rings. The van der Waals surface area contributed by atoms with E-state index in [0.717, 1.165) is 18.3 Å². The molecule has 4 aliphatic carbocycles. The van der Waals surface area contributed by atoms with E-state index in [9.17, 15) is 4.79 Å². The van der Waals surface area contributed by atoms with Gasteiger partial charge in [0, 0.05) is 4.75 Å². The van der Waals surface area contributed by atoms with Gasteiger partial charge in [0.1, 0.15) is 5.76 Å². The van der Waals surface area contributed by atoms with E-state index in [1.165, 1.54) is 83.5 Å². The molecule has 4 saturated carbocycles. The molecule has 4 bridgehead atoms. The van der Waals surface area contributed by atoms with E-state index in [1.807, 2.05) is 31.2 Å². The predicted octanol–water partition coefficient (Wildman–Crippen LogP) is 8.59. The molecule has 0 spiro atoms. The monoisotopic (exact) mass is 458 g/mol. The number of allylic oxidation sites excluding steroid dienone is 5. The number of hydrogen-bond acceptors (Lipinski definition) is 3. The van der Waals surface area contributed by atoms with Crippen molar-refractivity contribution in [2.24, 2.45) is 23.7 Å². The van der Waals surface area contributed by atoms with Gasteiger partial charge in [-0.2, -0.15) is 12.6 Å². The molecule has 2 nitrogen and oxygen atoms in total. The van der Waals surface area contributed by atoms with Crippen LogP contribution in [0.1, 0.15) is 110 Å².